The van der Waals surface area contributed by atoms with Gasteiger partial charge in [0.2, 0.25) is 5.79 Å². The molecule has 0 radical (unpaired) electrons. The molecule has 7 nitrogen and oxygen atoms in total. The summed E-state index contributed by atoms with van der Waals surface area (Å²) in [7, 11) is 0. The van der Waals surface area contributed by atoms with Crippen LogP contribution in [0.2, 0.25) is 0 Å². The largest absolute Gasteiger partial charge is 0.488 e. The van der Waals surface area contributed by atoms with Gasteiger partial charge < -0.3 is 33.5 Å². The predicted octanol–water partition coefficient (Wildman–Crippen LogP) is 3.02. The summed E-state index contributed by atoms with van der Waals surface area (Å²) in [4.78, 5) is 0. The van der Waals surface area contributed by atoms with Gasteiger partial charge in [0.15, 0.2) is 12.6 Å². The molecule has 1 aromatic rings. The summed E-state index contributed by atoms with van der Waals surface area (Å²) in [6.07, 6.45) is 7.72. The first-order valence-electron chi connectivity index (χ1n) is 11.5. The van der Waals surface area contributed by atoms with Crippen LogP contribution in [0.25, 0.3) is 0 Å². The normalized spacial score (nSPS) is 37.3. The van der Waals surface area contributed by atoms with Crippen LogP contribution in [0.15, 0.2) is 42.5 Å². The molecule has 4 fully saturated rings. The van der Waals surface area contributed by atoms with Crippen molar-refractivity contribution in [2.75, 3.05) is 26.4 Å². The maximum atomic E-state index is 10.0. The third kappa shape index (κ3) is 4.97. The summed E-state index contributed by atoms with van der Waals surface area (Å²) in [6, 6.07) is 9.66. The van der Waals surface area contributed by atoms with E-state index in [4.69, 9.17) is 28.4 Å². The molecule has 1 aromatic carbocycles. The summed E-state index contributed by atoms with van der Waals surface area (Å²) in [5, 5.41) is 10.0. The number of fused-ring (bicyclic) bond motifs is 1. The number of para-hydroxylation sites is 1. The van der Waals surface area contributed by atoms with Crippen molar-refractivity contribution in [1.82, 2.24) is 0 Å². The van der Waals surface area contributed by atoms with Crippen LogP contribution in [-0.4, -0.2) is 62.1 Å². The Balaban J connectivity index is 1.29. The number of aliphatic hydroxyl groups is 1. The van der Waals surface area contributed by atoms with Crippen LogP contribution in [0.5, 0.6) is 5.75 Å². The molecule has 1 saturated carbocycles. The first-order chi connectivity index (χ1) is 15.2. The lowest BCUT2D eigenvalue weighted by Gasteiger charge is -2.30. The van der Waals surface area contributed by atoms with Crippen molar-refractivity contribution in [2.24, 2.45) is 11.8 Å². The number of aliphatic hydroxyl groups excluding tert-OH is 1. The second-order valence-electron chi connectivity index (χ2n) is 8.78. The zero-order chi connectivity index (χ0) is 21.1. The Labute approximate surface area is 183 Å². The van der Waals surface area contributed by atoms with Crippen molar-refractivity contribution in [3.8, 4) is 5.75 Å². The van der Waals surface area contributed by atoms with Gasteiger partial charge in [-0.3, -0.25) is 0 Å². The molecule has 1 N–H and O–H groups in total. The van der Waals surface area contributed by atoms with Crippen LogP contribution in [0.3, 0.4) is 0 Å². The third-order valence-corrected chi connectivity index (χ3v) is 6.67. The van der Waals surface area contributed by atoms with E-state index in [9.17, 15) is 5.11 Å². The molecular formula is C24H32O7. The van der Waals surface area contributed by atoms with E-state index >= 15 is 0 Å². The van der Waals surface area contributed by atoms with Crippen LogP contribution >= 0.6 is 0 Å². The quantitative estimate of drug-likeness (QED) is 0.664. The third-order valence-electron chi connectivity index (χ3n) is 6.67. The summed E-state index contributed by atoms with van der Waals surface area (Å²) in [5.74, 6) is 0.151. The van der Waals surface area contributed by atoms with Crippen LogP contribution in [0.1, 0.15) is 32.1 Å². The standard InChI is InChI=1S/C24H32O7/c25-22-14-19-18(20(15-21(19)30-22)31-23-8-4-5-11-26-23)9-10-24(28-12-13-29-24)16-27-17-6-2-1-3-7-17/h1-3,6-7,9-10,18-23,25H,4-5,8,11-16H2/b10-9+/t18-,19-,20-,21+,22?,23?/m1/s1. The van der Waals surface area contributed by atoms with Crippen molar-refractivity contribution in [1.29, 1.82) is 0 Å². The van der Waals surface area contributed by atoms with Crippen molar-refractivity contribution in [3.63, 3.8) is 0 Å². The number of ether oxygens (including phenoxy) is 6. The van der Waals surface area contributed by atoms with Crippen molar-refractivity contribution >= 4 is 0 Å². The Hall–Kier alpha value is -1.48. The Morgan fingerprint density at radius 2 is 1.90 bits per heavy atom. The molecule has 2 unspecified atom stereocenters. The molecule has 0 aromatic heterocycles. The first kappa shape index (κ1) is 21.4. The summed E-state index contributed by atoms with van der Waals surface area (Å²) in [6.45, 7) is 2.07. The van der Waals surface area contributed by atoms with Gasteiger partial charge in [-0.25, -0.2) is 0 Å². The second-order valence-corrected chi connectivity index (χ2v) is 8.78. The van der Waals surface area contributed by atoms with Gasteiger partial charge in [-0.15, -0.1) is 0 Å². The first-order valence-corrected chi connectivity index (χ1v) is 11.5. The monoisotopic (exact) mass is 432 g/mol. The van der Waals surface area contributed by atoms with E-state index in [1.807, 2.05) is 36.4 Å². The van der Waals surface area contributed by atoms with Gasteiger partial charge >= 0.3 is 0 Å². The molecule has 31 heavy (non-hydrogen) atoms. The molecule has 4 aliphatic rings. The van der Waals surface area contributed by atoms with Gasteiger partial charge in [0, 0.05) is 25.4 Å². The maximum Gasteiger partial charge on any atom is 0.223 e. The molecule has 0 amide bonds. The van der Waals surface area contributed by atoms with Crippen LogP contribution < -0.4 is 4.74 Å². The van der Waals surface area contributed by atoms with E-state index in [0.29, 0.717) is 19.6 Å². The minimum absolute atomic E-state index is 0.000161. The molecule has 0 bridgehead atoms. The van der Waals surface area contributed by atoms with Crippen LogP contribution in [0, 0.1) is 11.8 Å². The molecule has 5 rings (SSSR count). The van der Waals surface area contributed by atoms with Crippen LogP contribution in [-0.2, 0) is 23.7 Å². The molecule has 0 spiro atoms. The second kappa shape index (κ2) is 9.57. The Morgan fingerprint density at radius 1 is 1.06 bits per heavy atom. The fourth-order valence-corrected chi connectivity index (χ4v) is 5.12. The highest BCUT2D eigenvalue weighted by Crippen LogP contribution is 2.45. The van der Waals surface area contributed by atoms with E-state index in [-0.39, 0.29) is 36.9 Å². The van der Waals surface area contributed by atoms with E-state index in [1.165, 1.54) is 0 Å². The summed E-state index contributed by atoms with van der Waals surface area (Å²) < 4.78 is 35.8. The molecule has 3 saturated heterocycles. The van der Waals surface area contributed by atoms with Gasteiger partial charge in [-0.2, -0.15) is 0 Å². The van der Waals surface area contributed by atoms with Crippen LogP contribution in [0.4, 0.5) is 0 Å². The van der Waals surface area contributed by atoms with E-state index in [1.54, 1.807) is 0 Å². The number of hydrogen-bond donors (Lipinski definition) is 1. The van der Waals surface area contributed by atoms with Crippen molar-refractivity contribution in [2.45, 2.75) is 62.7 Å². The molecule has 3 heterocycles. The predicted molar refractivity (Wildman–Crippen MR) is 111 cm³/mol. The lowest BCUT2D eigenvalue weighted by molar-refractivity contribution is -0.196. The highest BCUT2D eigenvalue weighted by molar-refractivity contribution is 5.21. The lowest BCUT2D eigenvalue weighted by atomic mass is 9.91. The molecule has 1 aliphatic carbocycles. The average molecular weight is 433 g/mol. The van der Waals surface area contributed by atoms with Gasteiger partial charge in [0.25, 0.3) is 0 Å². The zero-order valence-electron chi connectivity index (χ0n) is 17.8. The number of benzene rings is 1. The van der Waals surface area contributed by atoms with E-state index < -0.39 is 12.1 Å². The Morgan fingerprint density at radius 3 is 2.68 bits per heavy atom. The topological polar surface area (TPSA) is 75.6 Å². The van der Waals surface area contributed by atoms with E-state index in [0.717, 1.165) is 38.0 Å². The van der Waals surface area contributed by atoms with Gasteiger partial charge in [-0.1, -0.05) is 24.3 Å². The zero-order valence-corrected chi connectivity index (χ0v) is 17.8. The van der Waals surface area contributed by atoms with Gasteiger partial charge in [-0.05, 0) is 43.4 Å². The minimum Gasteiger partial charge on any atom is -0.488 e. The Kier molecular flexibility index (Phi) is 6.59. The average Bonchev–Trinajstić information content (AvgIpc) is 3.48. The fraction of sp³-hybridized carbons (Fsp3) is 0.667. The van der Waals surface area contributed by atoms with Crippen molar-refractivity contribution < 1.29 is 33.5 Å². The lowest BCUT2D eigenvalue weighted by Crippen LogP contribution is -2.36. The summed E-state index contributed by atoms with van der Waals surface area (Å²) >= 11 is 0. The SMILES string of the molecule is OC1C[C@@H]2[C@@H](/C=C/C3(COc4ccccc4)OCCO3)[C@H](OC3CCCCO3)C[C@@H]2O1. The highest BCUT2D eigenvalue weighted by Gasteiger charge is 2.50. The molecule has 3 aliphatic heterocycles. The molecular weight excluding hydrogens is 400 g/mol. The van der Waals surface area contributed by atoms with Gasteiger partial charge in [0.05, 0.1) is 25.4 Å². The Bertz CT molecular complexity index is 727. The molecule has 170 valence electrons. The molecule has 6 atom stereocenters. The summed E-state index contributed by atoms with van der Waals surface area (Å²) in [5.41, 5.74) is 0. The number of rotatable bonds is 7. The highest BCUT2D eigenvalue weighted by atomic mass is 16.8. The van der Waals surface area contributed by atoms with Gasteiger partial charge in [0.1, 0.15) is 12.4 Å². The molecule has 7 heteroatoms. The smallest absolute Gasteiger partial charge is 0.223 e. The minimum atomic E-state index is -0.919. The van der Waals surface area contributed by atoms with Crippen molar-refractivity contribution in [3.05, 3.63) is 42.5 Å². The number of hydrogen-bond acceptors (Lipinski definition) is 7. The van der Waals surface area contributed by atoms with E-state index in [2.05, 4.69) is 6.08 Å². The maximum absolute atomic E-state index is 10.0. The fourth-order valence-electron chi connectivity index (χ4n) is 5.12.